The molecular weight excluding hydrogens is 888 g/mol. The van der Waals surface area contributed by atoms with Crippen LogP contribution in [0.4, 0.5) is 24.5 Å². The molecule has 9 aromatic carbocycles. The smallest absolute Gasteiger partial charge is 0.309 e. The predicted octanol–water partition coefficient (Wildman–Crippen LogP) is 16.6. The molecule has 0 N–H and O–H groups in total. The number of hydrogen-bond donors (Lipinski definition) is 0. The number of hydrogen-bond acceptors (Lipinski definition) is 3. The van der Waals surface area contributed by atoms with E-state index in [1.54, 1.807) is 73.7 Å². The minimum atomic E-state index is -4.67. The van der Waals surface area contributed by atoms with Crippen molar-refractivity contribution in [2.75, 3.05) is 0 Å². The van der Waals surface area contributed by atoms with Crippen molar-refractivity contribution in [3.05, 3.63) is 227 Å². The first-order valence-corrected chi connectivity index (χ1v) is 22.3. The lowest BCUT2D eigenvalue weighted by atomic mass is 9.89. The Labute approximate surface area is 405 Å². The highest BCUT2D eigenvalue weighted by atomic mass is 19.4. The van der Waals surface area contributed by atoms with Crippen LogP contribution in [0.2, 0.25) is 0 Å². The van der Waals surface area contributed by atoms with Gasteiger partial charge in [0, 0.05) is 43.8 Å². The SMILES string of the molecule is [C-]#[N+]c1cc(C#N)cc(-c2ccc3c(c2)c2ccccc2n3-c2ccc(-c3c(C)cccc3C(F)(F)F)cc2-c2c(C#N)cccc2-n2c3ccccc3c3cc(-c4cc(C#N)cc([N+]#[C-])c4)ccc32)c1. The zero-order valence-corrected chi connectivity index (χ0v) is 37.5. The van der Waals surface area contributed by atoms with Gasteiger partial charge in [-0.25, -0.2) is 9.69 Å². The molecule has 0 amide bonds. The van der Waals surface area contributed by atoms with Crippen LogP contribution >= 0.6 is 0 Å². The highest BCUT2D eigenvalue weighted by molar-refractivity contribution is 6.13. The van der Waals surface area contributed by atoms with Crippen LogP contribution in [-0.2, 0) is 6.18 Å². The molecule has 0 unspecified atom stereocenters. The van der Waals surface area contributed by atoms with Crippen molar-refractivity contribution >= 4 is 55.0 Å². The minimum absolute atomic E-state index is 0.0280. The maximum absolute atomic E-state index is 15.0. The van der Waals surface area contributed by atoms with Gasteiger partial charge in [-0.3, -0.25) is 0 Å². The first-order chi connectivity index (χ1) is 34.5. The van der Waals surface area contributed by atoms with Gasteiger partial charge in [-0.05, 0) is 149 Å². The predicted molar refractivity (Wildman–Crippen MR) is 273 cm³/mol. The summed E-state index contributed by atoms with van der Waals surface area (Å²) in [5, 5.41) is 34.2. The maximum atomic E-state index is 15.0. The van der Waals surface area contributed by atoms with Crippen molar-refractivity contribution in [1.82, 2.24) is 9.13 Å². The average Bonchev–Trinajstić information content (AvgIpc) is 3.91. The summed E-state index contributed by atoms with van der Waals surface area (Å²) in [6.45, 7) is 17.0. The molecule has 0 saturated carbocycles. The number of alkyl halides is 3. The fraction of sp³-hybridized carbons (Fsp3) is 0.0328. The van der Waals surface area contributed by atoms with Crippen molar-refractivity contribution in [2.24, 2.45) is 0 Å². The molecule has 2 heterocycles. The van der Waals surface area contributed by atoms with Crippen molar-refractivity contribution in [2.45, 2.75) is 13.1 Å². The summed E-state index contributed by atoms with van der Waals surface area (Å²) in [7, 11) is 0. The molecular formula is C61H32F3N7. The Morgan fingerprint density at radius 3 is 1.51 bits per heavy atom. The van der Waals surface area contributed by atoms with Gasteiger partial charge in [-0.1, -0.05) is 72.8 Å². The normalized spacial score (nSPS) is 11.3. The number of fused-ring (bicyclic) bond motifs is 6. The third kappa shape index (κ3) is 7.19. The standard InChI is InChI=1S/C61H32F3N7/c1-36-10-8-14-52(61(62,63)64)59(36)41-20-23-57(70-53-15-6-4-12-47(53)49-30-39(18-21-55(49)70)43-24-37(33-65)26-45(28-43)68-2)51(32-41)60-42(35-67)11-9-17-58(60)71-54-16-7-5-13-48(54)50-31-40(19-22-56(50)71)44-25-38(34-66)27-46(29-44)69-3/h4-32H,1H3. The topological polar surface area (TPSA) is 90.0 Å². The van der Waals surface area contributed by atoms with Crippen LogP contribution in [0.5, 0.6) is 0 Å². The molecule has 0 fully saturated rings. The number of benzene rings is 9. The number of nitrogens with zero attached hydrogens (tertiary/aromatic N) is 7. The van der Waals surface area contributed by atoms with E-state index in [0.29, 0.717) is 72.8 Å². The second kappa shape index (κ2) is 16.9. The van der Waals surface area contributed by atoms with E-state index >= 15 is 0 Å². The summed E-state index contributed by atoms with van der Waals surface area (Å²) >= 11 is 0. The van der Waals surface area contributed by atoms with Gasteiger partial charge >= 0.3 is 6.18 Å². The van der Waals surface area contributed by atoms with E-state index in [-0.39, 0.29) is 5.56 Å². The van der Waals surface area contributed by atoms with E-state index in [2.05, 4.69) is 37.0 Å². The van der Waals surface area contributed by atoms with Crippen molar-refractivity contribution in [1.29, 1.82) is 15.8 Å². The van der Waals surface area contributed by atoms with Crippen molar-refractivity contribution < 1.29 is 13.2 Å². The Morgan fingerprint density at radius 1 is 0.451 bits per heavy atom. The second-order valence-electron chi connectivity index (χ2n) is 17.2. The largest absolute Gasteiger partial charge is 0.417 e. The van der Waals surface area contributed by atoms with Gasteiger partial charge in [0.2, 0.25) is 0 Å². The summed E-state index contributed by atoms with van der Waals surface area (Å²) in [6.07, 6.45) is -4.67. The molecule has 0 atom stereocenters. The van der Waals surface area contributed by atoms with E-state index in [4.69, 9.17) is 13.1 Å². The van der Waals surface area contributed by atoms with Crippen LogP contribution in [0, 0.1) is 54.1 Å². The number of halogens is 3. The van der Waals surface area contributed by atoms with Crippen LogP contribution in [0.15, 0.2) is 176 Å². The van der Waals surface area contributed by atoms with E-state index in [9.17, 15) is 29.0 Å². The highest BCUT2D eigenvalue weighted by Crippen LogP contribution is 2.47. The fourth-order valence-electron chi connectivity index (χ4n) is 10.1. The van der Waals surface area contributed by atoms with Gasteiger partial charge in [-0.2, -0.15) is 29.0 Å². The lowest BCUT2D eigenvalue weighted by Crippen LogP contribution is -2.09. The summed E-state index contributed by atoms with van der Waals surface area (Å²) in [5.41, 5.74) is 10.1. The van der Waals surface area contributed by atoms with Gasteiger partial charge in [0.1, 0.15) is 0 Å². The molecule has 71 heavy (non-hydrogen) atoms. The zero-order valence-electron chi connectivity index (χ0n) is 37.5. The number of rotatable bonds is 6. The van der Waals surface area contributed by atoms with Crippen LogP contribution < -0.4 is 0 Å². The first-order valence-electron chi connectivity index (χ1n) is 22.3. The molecule has 11 aromatic rings. The summed E-state index contributed by atoms with van der Waals surface area (Å²) < 4.78 is 49.2. The molecule has 0 spiro atoms. The number of para-hydroxylation sites is 2. The quantitative estimate of drug-likeness (QED) is 0.156. The van der Waals surface area contributed by atoms with Gasteiger partial charge < -0.3 is 9.13 Å². The zero-order chi connectivity index (χ0) is 49.1. The Hall–Kier alpha value is -10.2. The Balaban J connectivity index is 1.23. The molecule has 0 aliphatic rings. The molecule has 0 aliphatic carbocycles. The van der Waals surface area contributed by atoms with E-state index < -0.39 is 11.7 Å². The van der Waals surface area contributed by atoms with Crippen molar-refractivity contribution in [3.8, 4) is 74.1 Å². The van der Waals surface area contributed by atoms with Crippen LogP contribution in [0.1, 0.15) is 27.8 Å². The average molecular weight is 920 g/mol. The molecule has 11 rings (SSSR count). The van der Waals surface area contributed by atoms with Crippen LogP contribution in [0.3, 0.4) is 0 Å². The Morgan fingerprint density at radius 2 is 0.972 bits per heavy atom. The highest BCUT2D eigenvalue weighted by Gasteiger charge is 2.35. The van der Waals surface area contributed by atoms with E-state index in [0.717, 1.165) is 60.8 Å². The Kier molecular flexibility index (Phi) is 10.3. The van der Waals surface area contributed by atoms with Gasteiger partial charge in [0.15, 0.2) is 11.4 Å². The first kappa shape index (κ1) is 43.4. The molecule has 7 nitrogen and oxygen atoms in total. The second-order valence-corrected chi connectivity index (χ2v) is 17.2. The molecule has 0 bridgehead atoms. The molecule has 2 aromatic heterocycles. The third-order valence-corrected chi connectivity index (χ3v) is 13.1. The third-order valence-electron chi connectivity index (χ3n) is 13.1. The van der Waals surface area contributed by atoms with Crippen molar-refractivity contribution in [3.63, 3.8) is 0 Å². The number of aryl methyl sites for hydroxylation is 1. The maximum Gasteiger partial charge on any atom is 0.417 e. The number of nitriles is 3. The molecule has 0 saturated heterocycles. The van der Waals surface area contributed by atoms with E-state index in [1.807, 2.05) is 97.1 Å². The summed E-state index contributed by atoms with van der Waals surface area (Å²) in [4.78, 5) is 7.21. The van der Waals surface area contributed by atoms with Crippen LogP contribution in [-0.4, -0.2) is 9.13 Å². The van der Waals surface area contributed by atoms with Crippen LogP contribution in [0.25, 0.3) is 109 Å². The lowest BCUT2D eigenvalue weighted by molar-refractivity contribution is -0.137. The lowest BCUT2D eigenvalue weighted by Gasteiger charge is -2.22. The monoisotopic (exact) mass is 919 g/mol. The van der Waals surface area contributed by atoms with Gasteiger partial charge in [0.05, 0.1) is 75.9 Å². The van der Waals surface area contributed by atoms with Gasteiger partial charge in [0.25, 0.3) is 0 Å². The number of aromatic nitrogens is 2. The van der Waals surface area contributed by atoms with Gasteiger partial charge in [-0.15, -0.1) is 0 Å². The summed E-state index contributed by atoms with van der Waals surface area (Å²) in [6, 6.07) is 59.4. The fourth-order valence-corrected chi connectivity index (χ4v) is 10.1. The summed E-state index contributed by atoms with van der Waals surface area (Å²) in [5.74, 6) is 0. The Bertz CT molecular complexity index is 4240. The molecule has 0 radical (unpaired) electrons. The minimum Gasteiger partial charge on any atom is -0.309 e. The molecule has 332 valence electrons. The molecule has 0 aliphatic heterocycles. The molecule has 10 heteroatoms. The van der Waals surface area contributed by atoms with E-state index in [1.165, 1.54) is 6.07 Å².